The molecule has 6 nitrogen and oxygen atoms in total. The molecule has 3 aromatic heterocycles. The Bertz CT molecular complexity index is 989. The van der Waals surface area contributed by atoms with Crippen molar-refractivity contribution in [1.82, 2.24) is 10.1 Å². The van der Waals surface area contributed by atoms with Crippen LogP contribution in [0.1, 0.15) is 30.0 Å². The van der Waals surface area contributed by atoms with E-state index in [9.17, 15) is 18.0 Å². The van der Waals surface area contributed by atoms with E-state index >= 15 is 0 Å². The number of ether oxygens (including phenoxy) is 1. The van der Waals surface area contributed by atoms with Crippen molar-refractivity contribution in [3.05, 3.63) is 64.3 Å². The van der Waals surface area contributed by atoms with E-state index in [4.69, 9.17) is 9.26 Å². The van der Waals surface area contributed by atoms with E-state index < -0.39 is 11.9 Å². The van der Waals surface area contributed by atoms with Gasteiger partial charge in [-0.3, -0.25) is 9.78 Å². The van der Waals surface area contributed by atoms with E-state index in [1.54, 1.807) is 24.4 Å². The fraction of sp³-hybridized carbons (Fsp3) is 0.278. The third kappa shape index (κ3) is 3.71. The van der Waals surface area contributed by atoms with Crippen LogP contribution in [0.2, 0.25) is 0 Å². The Labute approximate surface area is 151 Å². The van der Waals surface area contributed by atoms with Crippen LogP contribution in [0.15, 0.2) is 52.0 Å². The number of aromatic amines is 2. The average molecular weight is 378 g/mol. The van der Waals surface area contributed by atoms with Gasteiger partial charge in [-0.15, -0.1) is 0 Å². The van der Waals surface area contributed by atoms with Gasteiger partial charge in [-0.1, -0.05) is 0 Å². The van der Waals surface area contributed by atoms with Gasteiger partial charge in [0.2, 0.25) is 0 Å². The summed E-state index contributed by atoms with van der Waals surface area (Å²) in [5.41, 5.74) is 0.114. The Kier molecular flexibility index (Phi) is 4.21. The molecule has 3 aromatic rings. The van der Waals surface area contributed by atoms with Crippen LogP contribution in [0.25, 0.3) is 11.3 Å². The molecule has 1 aliphatic carbocycles. The minimum absolute atomic E-state index is 0.0208. The number of rotatable bonds is 4. The largest absolute Gasteiger partial charge is 0.441 e. The van der Waals surface area contributed by atoms with Crippen molar-refractivity contribution in [1.29, 1.82) is 0 Å². The van der Waals surface area contributed by atoms with Crippen LogP contribution < -0.4 is 15.3 Å². The minimum Gasteiger partial charge on any atom is -0.441 e. The predicted octanol–water partition coefficient (Wildman–Crippen LogP) is 3.19. The summed E-state index contributed by atoms with van der Waals surface area (Å²) >= 11 is 0. The van der Waals surface area contributed by atoms with E-state index in [-0.39, 0.29) is 17.6 Å². The van der Waals surface area contributed by atoms with Gasteiger partial charge in [0.25, 0.3) is 5.56 Å². The molecule has 0 unspecified atom stereocenters. The van der Waals surface area contributed by atoms with Gasteiger partial charge in [-0.05, 0) is 42.5 Å². The van der Waals surface area contributed by atoms with Crippen molar-refractivity contribution < 1.29 is 27.4 Å². The molecule has 140 valence electrons. The predicted molar refractivity (Wildman–Crippen MR) is 87.0 cm³/mol. The summed E-state index contributed by atoms with van der Waals surface area (Å²) in [6, 6.07) is 7.51. The van der Waals surface area contributed by atoms with Crippen LogP contribution in [0.5, 0.6) is 5.88 Å². The Morgan fingerprint density at radius 1 is 1.22 bits per heavy atom. The average Bonchev–Trinajstić information content (AvgIpc) is 3.04. The zero-order valence-electron chi connectivity index (χ0n) is 13.9. The highest BCUT2D eigenvalue weighted by atomic mass is 19.4. The first kappa shape index (κ1) is 17.3. The van der Waals surface area contributed by atoms with Gasteiger partial charge in [0.1, 0.15) is 11.8 Å². The number of aromatic nitrogens is 3. The number of H-pyrrole nitrogens is 2. The first-order valence-corrected chi connectivity index (χ1v) is 8.29. The van der Waals surface area contributed by atoms with Gasteiger partial charge < -0.3 is 9.26 Å². The number of hydrogen-bond acceptors (Lipinski definition) is 4. The molecule has 0 atom stereocenters. The lowest BCUT2D eigenvalue weighted by Crippen LogP contribution is -2.34. The molecule has 3 heterocycles. The van der Waals surface area contributed by atoms with Crippen molar-refractivity contribution in [2.75, 3.05) is 0 Å². The third-order valence-corrected chi connectivity index (χ3v) is 4.53. The zero-order valence-corrected chi connectivity index (χ0v) is 13.9. The number of pyridine rings is 2. The molecule has 2 N–H and O–H groups in total. The molecule has 0 saturated heterocycles. The molecule has 1 aliphatic rings. The highest BCUT2D eigenvalue weighted by Gasteiger charge is 2.36. The number of nitrogens with one attached hydrogen (secondary N) is 2. The molecule has 1 saturated carbocycles. The normalized spacial score (nSPS) is 19.5. The van der Waals surface area contributed by atoms with Crippen molar-refractivity contribution in [3.8, 4) is 17.2 Å². The molecule has 0 spiro atoms. The minimum atomic E-state index is -4.44. The van der Waals surface area contributed by atoms with Crippen LogP contribution in [0, 0.1) is 0 Å². The van der Waals surface area contributed by atoms with Crippen LogP contribution in [0.4, 0.5) is 13.2 Å². The SMILES string of the molecule is O=c1cc(-c2ccc(OC3CC(c4ccnc(C(F)(F)F)c4)C3)[nH+]c2)o[nH]1. The molecule has 9 heteroatoms. The highest BCUT2D eigenvalue weighted by Crippen LogP contribution is 2.40. The van der Waals surface area contributed by atoms with E-state index in [1.165, 1.54) is 12.3 Å². The molecule has 0 radical (unpaired) electrons. The summed E-state index contributed by atoms with van der Waals surface area (Å²) in [5.74, 6) is 0.961. The van der Waals surface area contributed by atoms with Crippen LogP contribution in [0.3, 0.4) is 0 Å². The lowest BCUT2D eigenvalue weighted by molar-refractivity contribution is -0.397. The maximum atomic E-state index is 12.8. The molecule has 0 aromatic carbocycles. The second-order valence-corrected chi connectivity index (χ2v) is 6.40. The fourth-order valence-electron chi connectivity index (χ4n) is 3.03. The number of alkyl halides is 3. The molecule has 0 amide bonds. The summed E-state index contributed by atoms with van der Waals surface area (Å²) in [7, 11) is 0. The summed E-state index contributed by atoms with van der Waals surface area (Å²) in [6.07, 6.45) is -0.420. The Hall–Kier alpha value is -3.10. The summed E-state index contributed by atoms with van der Waals surface area (Å²) in [6.45, 7) is 0. The molecular weight excluding hydrogens is 363 g/mol. The molecule has 0 aliphatic heterocycles. The van der Waals surface area contributed by atoms with Crippen LogP contribution in [-0.2, 0) is 6.18 Å². The van der Waals surface area contributed by atoms with Crippen LogP contribution in [-0.4, -0.2) is 16.2 Å². The van der Waals surface area contributed by atoms with Gasteiger partial charge in [0, 0.05) is 6.20 Å². The Morgan fingerprint density at radius 3 is 2.67 bits per heavy atom. The molecule has 27 heavy (non-hydrogen) atoms. The molecule has 4 rings (SSSR count). The maximum absolute atomic E-state index is 12.8. The van der Waals surface area contributed by atoms with Gasteiger partial charge in [0.15, 0.2) is 12.0 Å². The highest BCUT2D eigenvalue weighted by molar-refractivity contribution is 5.54. The van der Waals surface area contributed by atoms with Gasteiger partial charge in [-0.25, -0.2) is 0 Å². The van der Waals surface area contributed by atoms with Gasteiger partial charge >= 0.3 is 12.1 Å². The first-order valence-electron chi connectivity index (χ1n) is 8.29. The zero-order chi connectivity index (χ0) is 19.0. The van der Waals surface area contributed by atoms with E-state index in [0.717, 1.165) is 6.07 Å². The van der Waals surface area contributed by atoms with Gasteiger partial charge in [-0.2, -0.15) is 23.3 Å². The first-order chi connectivity index (χ1) is 12.9. The fourth-order valence-corrected chi connectivity index (χ4v) is 3.03. The van der Waals surface area contributed by atoms with E-state index in [1.807, 2.05) is 0 Å². The number of nitrogens with zero attached hydrogens (tertiary/aromatic N) is 1. The number of halogens is 3. The molecule has 1 fully saturated rings. The van der Waals surface area contributed by atoms with E-state index in [2.05, 4.69) is 15.1 Å². The van der Waals surface area contributed by atoms with Gasteiger partial charge in [0.05, 0.1) is 17.7 Å². The monoisotopic (exact) mass is 378 g/mol. The summed E-state index contributed by atoms with van der Waals surface area (Å²) < 4.78 is 49.1. The summed E-state index contributed by atoms with van der Waals surface area (Å²) in [4.78, 5) is 17.4. The molecular formula is C18H15F3N3O3+. The van der Waals surface area contributed by atoms with Crippen LogP contribution >= 0.6 is 0 Å². The standard InChI is InChI=1S/C18H14F3N3O3/c19-18(20,21)15-7-10(3-4-22-15)12-5-13(6-12)26-17-2-1-11(9-23-17)14-8-16(25)24-27-14/h1-4,7-9,12-13H,5-6H2,(H,24,25)/p+1. The second kappa shape index (κ2) is 6.57. The van der Waals surface area contributed by atoms with Crippen molar-refractivity contribution >= 4 is 0 Å². The lowest BCUT2D eigenvalue weighted by atomic mass is 9.77. The van der Waals surface area contributed by atoms with Crippen molar-refractivity contribution in [2.45, 2.75) is 31.0 Å². The second-order valence-electron chi connectivity index (χ2n) is 6.40. The number of hydrogen-bond donors (Lipinski definition) is 1. The van der Waals surface area contributed by atoms with Crippen molar-refractivity contribution in [3.63, 3.8) is 0 Å². The summed E-state index contributed by atoms with van der Waals surface area (Å²) in [5, 5.41) is 2.22. The Morgan fingerprint density at radius 2 is 2.04 bits per heavy atom. The van der Waals surface area contributed by atoms with E-state index in [0.29, 0.717) is 35.6 Å². The lowest BCUT2D eigenvalue weighted by Gasteiger charge is -2.34. The third-order valence-electron chi connectivity index (χ3n) is 4.53. The maximum Gasteiger partial charge on any atom is 0.433 e. The van der Waals surface area contributed by atoms with Crippen molar-refractivity contribution in [2.24, 2.45) is 0 Å². The smallest absolute Gasteiger partial charge is 0.433 e. The topological polar surface area (TPSA) is 82.3 Å². The molecule has 0 bridgehead atoms. The Balaban J connectivity index is 1.36. The quantitative estimate of drug-likeness (QED) is 0.756.